The third kappa shape index (κ3) is 3.64. The van der Waals surface area contributed by atoms with Crippen LogP contribution in [0.2, 0.25) is 0 Å². The molecule has 0 fully saturated rings. The summed E-state index contributed by atoms with van der Waals surface area (Å²) in [4.78, 5) is 14.1. The molecule has 6 heteroatoms. The summed E-state index contributed by atoms with van der Waals surface area (Å²) in [5.41, 5.74) is 3.32. The number of anilines is 1. The fourth-order valence-electron chi connectivity index (χ4n) is 3.86. The van der Waals surface area contributed by atoms with E-state index < -0.39 is 0 Å². The summed E-state index contributed by atoms with van der Waals surface area (Å²) in [5, 5.41) is 7.24. The Hall–Kier alpha value is -2.73. The van der Waals surface area contributed by atoms with Crippen LogP contribution in [0.25, 0.3) is 5.00 Å². The van der Waals surface area contributed by atoms with Crippen molar-refractivity contribution < 1.29 is 9.53 Å². The SMILES string of the molecule is COc1ccccc1NC(=O)NC(C)c1c(-n2cccc2)sc2c1CCCC2. The number of thiophene rings is 1. The average molecular weight is 396 g/mol. The molecule has 2 N–H and O–H groups in total. The van der Waals surface area contributed by atoms with E-state index in [1.807, 2.05) is 47.7 Å². The van der Waals surface area contributed by atoms with Crippen molar-refractivity contribution in [2.45, 2.75) is 38.6 Å². The van der Waals surface area contributed by atoms with Crippen LogP contribution in [-0.4, -0.2) is 17.7 Å². The molecule has 2 amide bonds. The lowest BCUT2D eigenvalue weighted by Gasteiger charge is -2.20. The van der Waals surface area contributed by atoms with Crippen LogP contribution in [0, 0.1) is 0 Å². The smallest absolute Gasteiger partial charge is 0.319 e. The van der Waals surface area contributed by atoms with Crippen LogP contribution in [0.4, 0.5) is 10.5 Å². The second-order valence-corrected chi connectivity index (χ2v) is 8.12. The van der Waals surface area contributed by atoms with Gasteiger partial charge >= 0.3 is 6.03 Å². The zero-order valence-electron chi connectivity index (χ0n) is 16.2. The first-order valence-electron chi connectivity index (χ1n) is 9.65. The molecule has 146 valence electrons. The van der Waals surface area contributed by atoms with Crippen molar-refractivity contribution >= 4 is 23.1 Å². The first-order valence-corrected chi connectivity index (χ1v) is 10.5. The van der Waals surface area contributed by atoms with E-state index in [0.29, 0.717) is 11.4 Å². The number of aryl methyl sites for hydroxylation is 1. The summed E-state index contributed by atoms with van der Waals surface area (Å²) >= 11 is 1.86. The molecule has 1 aliphatic carbocycles. The molecule has 5 nitrogen and oxygen atoms in total. The molecule has 28 heavy (non-hydrogen) atoms. The topological polar surface area (TPSA) is 55.3 Å². The molecule has 2 aromatic heterocycles. The molecule has 4 rings (SSSR count). The van der Waals surface area contributed by atoms with Crippen LogP contribution in [0.5, 0.6) is 5.75 Å². The van der Waals surface area contributed by atoms with E-state index in [1.165, 1.54) is 33.8 Å². The zero-order chi connectivity index (χ0) is 19.5. The van der Waals surface area contributed by atoms with Crippen LogP contribution in [-0.2, 0) is 12.8 Å². The number of hydrogen-bond acceptors (Lipinski definition) is 3. The maximum atomic E-state index is 12.7. The molecule has 3 aromatic rings. The quantitative estimate of drug-likeness (QED) is 0.615. The highest BCUT2D eigenvalue weighted by Gasteiger charge is 2.26. The van der Waals surface area contributed by atoms with Gasteiger partial charge in [-0.2, -0.15) is 0 Å². The van der Waals surface area contributed by atoms with Crippen molar-refractivity contribution in [1.29, 1.82) is 0 Å². The molecule has 1 unspecified atom stereocenters. The van der Waals surface area contributed by atoms with Gasteiger partial charge in [-0.05, 0) is 62.4 Å². The van der Waals surface area contributed by atoms with Gasteiger partial charge in [0.2, 0.25) is 0 Å². The number of nitrogens with one attached hydrogen (secondary N) is 2. The Morgan fingerprint density at radius 3 is 2.68 bits per heavy atom. The van der Waals surface area contributed by atoms with Gasteiger partial charge in [0.1, 0.15) is 10.8 Å². The Morgan fingerprint density at radius 1 is 1.14 bits per heavy atom. The zero-order valence-corrected chi connectivity index (χ0v) is 17.0. The van der Waals surface area contributed by atoms with Gasteiger partial charge in [-0.3, -0.25) is 0 Å². The maximum Gasteiger partial charge on any atom is 0.319 e. The van der Waals surface area contributed by atoms with E-state index >= 15 is 0 Å². The Labute approximate surface area is 169 Å². The molecule has 0 radical (unpaired) electrons. The molecule has 0 saturated heterocycles. The van der Waals surface area contributed by atoms with Crippen LogP contribution in [0.3, 0.4) is 0 Å². The predicted octanol–water partition coefficient (Wildman–Crippen LogP) is 5.31. The van der Waals surface area contributed by atoms with Crippen molar-refractivity contribution in [1.82, 2.24) is 9.88 Å². The molecule has 2 heterocycles. The molecule has 0 spiro atoms. The Kier molecular flexibility index (Phi) is 5.39. The number of ether oxygens (including phenoxy) is 1. The number of carbonyl (C=O) groups is 1. The van der Waals surface area contributed by atoms with E-state index in [2.05, 4.69) is 34.5 Å². The lowest BCUT2D eigenvalue weighted by molar-refractivity contribution is 0.249. The monoisotopic (exact) mass is 395 g/mol. The number of hydrogen-bond donors (Lipinski definition) is 2. The molecule has 0 aliphatic heterocycles. The fourth-order valence-corrected chi connectivity index (χ4v) is 5.31. The number of carbonyl (C=O) groups excluding carboxylic acids is 1. The summed E-state index contributed by atoms with van der Waals surface area (Å²) in [6, 6.07) is 11.2. The predicted molar refractivity (Wildman–Crippen MR) is 114 cm³/mol. The van der Waals surface area contributed by atoms with Crippen molar-refractivity contribution in [3.8, 4) is 10.8 Å². The minimum Gasteiger partial charge on any atom is -0.495 e. The lowest BCUT2D eigenvalue weighted by Crippen LogP contribution is -2.32. The fraction of sp³-hybridized carbons (Fsp3) is 0.318. The lowest BCUT2D eigenvalue weighted by atomic mass is 9.93. The second kappa shape index (κ2) is 8.10. The molecule has 0 bridgehead atoms. The minimum atomic E-state index is -0.230. The molecule has 1 aromatic carbocycles. The summed E-state index contributed by atoms with van der Waals surface area (Å²) in [6.07, 6.45) is 8.82. The van der Waals surface area contributed by atoms with Gasteiger partial charge in [0.05, 0.1) is 18.8 Å². The van der Waals surface area contributed by atoms with Gasteiger partial charge < -0.3 is 19.9 Å². The van der Waals surface area contributed by atoms with Crippen LogP contribution < -0.4 is 15.4 Å². The van der Waals surface area contributed by atoms with Crippen LogP contribution in [0.1, 0.15) is 41.8 Å². The molecule has 1 atom stereocenters. The molecular formula is C22H25N3O2S. The Balaban J connectivity index is 1.58. The molecule has 0 saturated carbocycles. The molecular weight excluding hydrogens is 370 g/mol. The van der Waals surface area contributed by atoms with Gasteiger partial charge in [0, 0.05) is 22.8 Å². The van der Waals surface area contributed by atoms with E-state index in [1.54, 1.807) is 7.11 Å². The maximum absolute atomic E-state index is 12.7. The van der Waals surface area contributed by atoms with Gasteiger partial charge in [0.25, 0.3) is 0 Å². The third-order valence-corrected chi connectivity index (χ3v) is 6.49. The summed E-state index contributed by atoms with van der Waals surface area (Å²) in [7, 11) is 1.60. The van der Waals surface area contributed by atoms with Crippen molar-refractivity contribution in [2.24, 2.45) is 0 Å². The van der Waals surface area contributed by atoms with E-state index in [-0.39, 0.29) is 12.1 Å². The third-order valence-electron chi connectivity index (χ3n) is 5.17. The van der Waals surface area contributed by atoms with E-state index in [4.69, 9.17) is 4.74 Å². The number of methoxy groups -OCH3 is 1. The number of urea groups is 1. The highest BCUT2D eigenvalue weighted by molar-refractivity contribution is 7.15. The number of amides is 2. The first kappa shape index (κ1) is 18.6. The van der Waals surface area contributed by atoms with Gasteiger partial charge in [-0.15, -0.1) is 11.3 Å². The van der Waals surface area contributed by atoms with E-state index in [0.717, 1.165) is 12.8 Å². The standard InChI is InChI=1S/C22H25N3O2S/c1-15(23-22(26)24-17-10-4-5-11-18(17)27-2)20-16-9-3-6-12-19(16)28-21(20)25-13-7-8-14-25/h4-5,7-8,10-11,13-15H,3,6,9,12H2,1-2H3,(H2,23,24,26). The van der Waals surface area contributed by atoms with Crippen LogP contribution in [0.15, 0.2) is 48.8 Å². The van der Waals surface area contributed by atoms with Gasteiger partial charge in [0.15, 0.2) is 0 Å². The minimum absolute atomic E-state index is 0.0924. The Morgan fingerprint density at radius 2 is 1.89 bits per heavy atom. The number of aromatic nitrogens is 1. The normalized spacial score (nSPS) is 14.2. The van der Waals surface area contributed by atoms with Crippen molar-refractivity contribution in [3.05, 3.63) is 64.8 Å². The highest BCUT2D eigenvalue weighted by Crippen LogP contribution is 2.40. The largest absolute Gasteiger partial charge is 0.495 e. The first-order chi connectivity index (χ1) is 13.7. The van der Waals surface area contributed by atoms with Gasteiger partial charge in [-0.25, -0.2) is 4.79 Å². The number of rotatable bonds is 5. The summed E-state index contributed by atoms with van der Waals surface area (Å²) < 4.78 is 7.48. The number of fused-ring (bicyclic) bond motifs is 1. The highest BCUT2D eigenvalue weighted by atomic mass is 32.1. The average Bonchev–Trinajstić information content (AvgIpc) is 3.35. The number of nitrogens with zero attached hydrogens (tertiary/aromatic N) is 1. The van der Waals surface area contributed by atoms with Gasteiger partial charge in [-0.1, -0.05) is 12.1 Å². The molecule has 1 aliphatic rings. The van der Waals surface area contributed by atoms with Crippen molar-refractivity contribution in [2.75, 3.05) is 12.4 Å². The Bertz CT molecular complexity index is 962. The van der Waals surface area contributed by atoms with Crippen LogP contribution >= 0.6 is 11.3 Å². The summed E-state index contributed by atoms with van der Waals surface area (Å²) in [5.74, 6) is 0.645. The van der Waals surface area contributed by atoms with Crippen molar-refractivity contribution in [3.63, 3.8) is 0 Å². The second-order valence-electron chi connectivity index (χ2n) is 7.04. The number of para-hydroxylation sites is 2. The van der Waals surface area contributed by atoms with E-state index in [9.17, 15) is 4.79 Å². The summed E-state index contributed by atoms with van der Waals surface area (Å²) in [6.45, 7) is 2.06. The number of benzene rings is 1.